The van der Waals surface area contributed by atoms with E-state index in [0.717, 1.165) is 4.88 Å². The molecular formula is C12H13ClN4O2S. The van der Waals surface area contributed by atoms with E-state index in [0.29, 0.717) is 23.2 Å². The lowest BCUT2D eigenvalue weighted by Gasteiger charge is -2.08. The molecule has 2 aromatic heterocycles. The minimum absolute atomic E-state index is 0.0469. The summed E-state index contributed by atoms with van der Waals surface area (Å²) in [7, 11) is 0. The van der Waals surface area contributed by atoms with E-state index < -0.39 is 4.92 Å². The van der Waals surface area contributed by atoms with E-state index in [2.05, 4.69) is 15.6 Å². The van der Waals surface area contributed by atoms with Crippen molar-refractivity contribution in [3.63, 3.8) is 0 Å². The summed E-state index contributed by atoms with van der Waals surface area (Å²) >= 11 is 7.27. The van der Waals surface area contributed by atoms with Gasteiger partial charge in [-0.1, -0.05) is 11.6 Å². The van der Waals surface area contributed by atoms with E-state index in [1.165, 1.54) is 17.4 Å². The molecule has 2 rings (SSSR count). The first kappa shape index (κ1) is 14.5. The van der Waals surface area contributed by atoms with Crippen molar-refractivity contribution >= 4 is 40.3 Å². The fourth-order valence-corrected chi connectivity index (χ4v) is 2.65. The maximum Gasteiger partial charge on any atom is 0.311 e. The number of nitrogens with one attached hydrogen (secondary N) is 2. The smallest absolute Gasteiger partial charge is 0.311 e. The van der Waals surface area contributed by atoms with Gasteiger partial charge in [0, 0.05) is 17.5 Å². The summed E-state index contributed by atoms with van der Waals surface area (Å²) in [6.07, 6.45) is 0. The number of halogens is 1. The van der Waals surface area contributed by atoms with Crippen LogP contribution in [0.3, 0.4) is 0 Å². The molecule has 0 spiro atoms. The Morgan fingerprint density at radius 3 is 2.75 bits per heavy atom. The SMILES string of the molecule is CCNc1ccc([N+](=O)[O-])c(NCc2ccc(Cl)s2)n1. The molecule has 2 N–H and O–H groups in total. The number of hydrogen-bond acceptors (Lipinski definition) is 6. The van der Waals surface area contributed by atoms with Crippen LogP contribution in [0, 0.1) is 10.1 Å². The van der Waals surface area contributed by atoms with Crippen LogP contribution in [0.5, 0.6) is 0 Å². The topological polar surface area (TPSA) is 80.1 Å². The first-order valence-electron chi connectivity index (χ1n) is 5.97. The molecule has 106 valence electrons. The lowest BCUT2D eigenvalue weighted by Crippen LogP contribution is -2.06. The Morgan fingerprint density at radius 2 is 2.15 bits per heavy atom. The number of rotatable bonds is 6. The molecule has 2 aromatic rings. The van der Waals surface area contributed by atoms with Crippen LogP contribution in [0.2, 0.25) is 4.34 Å². The molecule has 0 fully saturated rings. The first-order chi connectivity index (χ1) is 9.60. The maximum atomic E-state index is 11.0. The van der Waals surface area contributed by atoms with E-state index in [-0.39, 0.29) is 11.5 Å². The minimum atomic E-state index is -0.452. The van der Waals surface area contributed by atoms with Crippen LogP contribution >= 0.6 is 22.9 Å². The molecular weight excluding hydrogens is 300 g/mol. The number of anilines is 2. The number of hydrogen-bond donors (Lipinski definition) is 2. The standard InChI is InChI=1S/C12H13ClN4O2S/c1-2-14-11-6-4-9(17(18)19)12(16-11)15-7-8-3-5-10(13)20-8/h3-6H,2,7H2,1H3,(H2,14,15,16). The van der Waals surface area contributed by atoms with Gasteiger partial charge in [-0.05, 0) is 25.1 Å². The second-order valence-corrected chi connectivity index (χ2v) is 5.71. The average molecular weight is 313 g/mol. The molecule has 0 aliphatic carbocycles. The van der Waals surface area contributed by atoms with Crippen LogP contribution in [0.25, 0.3) is 0 Å². The molecule has 0 bridgehead atoms. The van der Waals surface area contributed by atoms with Crippen molar-refractivity contribution in [1.29, 1.82) is 0 Å². The van der Waals surface area contributed by atoms with Gasteiger partial charge in [0.25, 0.3) is 0 Å². The number of pyridine rings is 1. The van der Waals surface area contributed by atoms with E-state index in [1.54, 1.807) is 12.1 Å². The predicted octanol–water partition coefficient (Wildman–Crippen LogP) is 3.75. The van der Waals surface area contributed by atoms with Crippen molar-refractivity contribution in [1.82, 2.24) is 4.98 Å². The number of aromatic nitrogens is 1. The van der Waals surface area contributed by atoms with E-state index >= 15 is 0 Å². The Kier molecular flexibility index (Phi) is 4.75. The highest BCUT2D eigenvalue weighted by Crippen LogP contribution is 2.26. The predicted molar refractivity (Wildman–Crippen MR) is 81.7 cm³/mol. The largest absolute Gasteiger partial charge is 0.370 e. The van der Waals surface area contributed by atoms with Crippen LogP contribution in [0.1, 0.15) is 11.8 Å². The van der Waals surface area contributed by atoms with Gasteiger partial charge in [0.15, 0.2) is 0 Å². The molecule has 0 aromatic carbocycles. The van der Waals surface area contributed by atoms with E-state index in [9.17, 15) is 10.1 Å². The van der Waals surface area contributed by atoms with Crippen molar-refractivity contribution in [2.75, 3.05) is 17.2 Å². The molecule has 0 radical (unpaired) electrons. The van der Waals surface area contributed by atoms with Gasteiger partial charge >= 0.3 is 5.69 Å². The van der Waals surface area contributed by atoms with Crippen LogP contribution in [0.15, 0.2) is 24.3 Å². The molecule has 2 heterocycles. The summed E-state index contributed by atoms with van der Waals surface area (Å²) in [5, 5.41) is 17.0. The highest BCUT2D eigenvalue weighted by atomic mass is 35.5. The molecule has 0 atom stereocenters. The molecule has 6 nitrogen and oxygen atoms in total. The minimum Gasteiger partial charge on any atom is -0.370 e. The molecule has 0 aliphatic heterocycles. The zero-order valence-corrected chi connectivity index (χ0v) is 12.3. The summed E-state index contributed by atoms with van der Waals surface area (Å²) in [6.45, 7) is 3.08. The number of nitrogens with zero attached hydrogens (tertiary/aromatic N) is 2. The fraction of sp³-hybridized carbons (Fsp3) is 0.250. The zero-order valence-electron chi connectivity index (χ0n) is 10.7. The molecule has 0 saturated heterocycles. The Balaban J connectivity index is 2.18. The summed E-state index contributed by atoms with van der Waals surface area (Å²) in [6, 6.07) is 6.70. The third-order valence-corrected chi connectivity index (χ3v) is 3.72. The summed E-state index contributed by atoms with van der Waals surface area (Å²) in [5.74, 6) is 0.850. The van der Waals surface area contributed by atoms with Crippen molar-refractivity contribution < 1.29 is 4.92 Å². The van der Waals surface area contributed by atoms with E-state index in [1.807, 2.05) is 13.0 Å². The van der Waals surface area contributed by atoms with Crippen molar-refractivity contribution in [3.8, 4) is 0 Å². The highest BCUT2D eigenvalue weighted by Gasteiger charge is 2.15. The molecule has 20 heavy (non-hydrogen) atoms. The Bertz CT molecular complexity index is 617. The van der Waals surface area contributed by atoms with Gasteiger partial charge in [-0.15, -0.1) is 11.3 Å². The van der Waals surface area contributed by atoms with Crippen molar-refractivity contribution in [3.05, 3.63) is 43.6 Å². The van der Waals surface area contributed by atoms with Crippen molar-refractivity contribution in [2.24, 2.45) is 0 Å². The molecule has 8 heteroatoms. The monoisotopic (exact) mass is 312 g/mol. The van der Waals surface area contributed by atoms with E-state index in [4.69, 9.17) is 11.6 Å². The first-order valence-corrected chi connectivity index (χ1v) is 7.17. The van der Waals surface area contributed by atoms with Gasteiger partial charge in [0.2, 0.25) is 5.82 Å². The summed E-state index contributed by atoms with van der Waals surface area (Å²) in [5.41, 5.74) is -0.0469. The molecule has 0 saturated carbocycles. The lowest BCUT2D eigenvalue weighted by atomic mass is 10.3. The normalized spacial score (nSPS) is 10.3. The third kappa shape index (κ3) is 3.58. The molecule has 0 unspecified atom stereocenters. The maximum absolute atomic E-state index is 11.0. The van der Waals surface area contributed by atoms with Crippen LogP contribution in [0.4, 0.5) is 17.3 Å². The van der Waals surface area contributed by atoms with Gasteiger partial charge in [-0.25, -0.2) is 4.98 Å². The van der Waals surface area contributed by atoms with Gasteiger partial charge in [-0.2, -0.15) is 0 Å². The number of nitro groups is 1. The zero-order chi connectivity index (χ0) is 14.5. The Morgan fingerprint density at radius 1 is 1.35 bits per heavy atom. The van der Waals surface area contributed by atoms with Gasteiger partial charge < -0.3 is 10.6 Å². The third-order valence-electron chi connectivity index (χ3n) is 2.49. The molecule has 0 amide bonds. The summed E-state index contributed by atoms with van der Waals surface area (Å²) < 4.78 is 0.686. The van der Waals surface area contributed by atoms with Crippen LogP contribution in [-0.4, -0.2) is 16.5 Å². The highest BCUT2D eigenvalue weighted by molar-refractivity contribution is 7.16. The van der Waals surface area contributed by atoms with Gasteiger partial charge in [-0.3, -0.25) is 10.1 Å². The van der Waals surface area contributed by atoms with Crippen LogP contribution in [-0.2, 0) is 6.54 Å². The summed E-state index contributed by atoms with van der Waals surface area (Å²) in [4.78, 5) is 15.7. The van der Waals surface area contributed by atoms with Crippen molar-refractivity contribution in [2.45, 2.75) is 13.5 Å². The Hall–Kier alpha value is -1.86. The fourth-order valence-electron chi connectivity index (χ4n) is 1.63. The number of thiophene rings is 1. The molecule has 0 aliphatic rings. The average Bonchev–Trinajstić information content (AvgIpc) is 2.82. The van der Waals surface area contributed by atoms with Crippen LogP contribution < -0.4 is 10.6 Å². The second-order valence-electron chi connectivity index (χ2n) is 3.91. The lowest BCUT2D eigenvalue weighted by molar-refractivity contribution is -0.384. The second kappa shape index (κ2) is 6.53. The Labute approximate surface area is 124 Å². The van der Waals surface area contributed by atoms with Gasteiger partial charge in [0.1, 0.15) is 5.82 Å². The quantitative estimate of drug-likeness (QED) is 0.627. The van der Waals surface area contributed by atoms with Gasteiger partial charge in [0.05, 0.1) is 15.8 Å².